The molecule has 22 heavy (non-hydrogen) atoms. The van der Waals surface area contributed by atoms with Crippen LogP contribution in [-0.2, 0) is 4.74 Å². The number of H-pyrrole nitrogens is 1. The molecule has 0 fully saturated rings. The third-order valence-electron chi connectivity index (χ3n) is 3.23. The van der Waals surface area contributed by atoms with Crippen molar-refractivity contribution in [3.8, 4) is 5.75 Å². The summed E-state index contributed by atoms with van der Waals surface area (Å²) >= 11 is 0. The topological polar surface area (TPSA) is 74.3 Å². The van der Waals surface area contributed by atoms with E-state index in [1.807, 2.05) is 45.0 Å². The number of hydrogen-bond donors (Lipinski definition) is 3. The van der Waals surface area contributed by atoms with E-state index in [9.17, 15) is 9.90 Å². The molecule has 5 nitrogen and oxygen atoms in total. The largest absolute Gasteiger partial charge is 0.508 e. The molecule has 2 aromatic carbocycles. The number of phenols is 1. The van der Waals surface area contributed by atoms with E-state index in [0.29, 0.717) is 5.69 Å². The molecular formula is C17H18N2O3. The summed E-state index contributed by atoms with van der Waals surface area (Å²) in [7, 11) is 0. The molecule has 0 radical (unpaired) electrons. The van der Waals surface area contributed by atoms with Crippen LogP contribution in [0.3, 0.4) is 0 Å². The van der Waals surface area contributed by atoms with Crippen LogP contribution >= 0.6 is 0 Å². The fraction of sp³-hybridized carbons (Fsp3) is 0.235. The Labute approximate surface area is 127 Å². The van der Waals surface area contributed by atoms with E-state index >= 15 is 0 Å². The number of rotatable bonds is 1. The Morgan fingerprint density at radius 1 is 1.09 bits per heavy atom. The molecule has 0 aliphatic carbocycles. The lowest BCUT2D eigenvalue weighted by molar-refractivity contribution is 0.0636. The van der Waals surface area contributed by atoms with Gasteiger partial charge in [-0.25, -0.2) is 4.79 Å². The van der Waals surface area contributed by atoms with Gasteiger partial charge in [0, 0.05) is 28.0 Å². The smallest absolute Gasteiger partial charge is 0.412 e. The van der Waals surface area contributed by atoms with Crippen molar-refractivity contribution in [2.24, 2.45) is 0 Å². The minimum absolute atomic E-state index is 0.214. The maximum Gasteiger partial charge on any atom is 0.412 e. The number of carbonyl (C=O) groups excluding carboxylic acids is 1. The summed E-state index contributed by atoms with van der Waals surface area (Å²) in [6.45, 7) is 5.46. The molecule has 114 valence electrons. The summed E-state index contributed by atoms with van der Waals surface area (Å²) in [6.07, 6.45) is -0.486. The maximum atomic E-state index is 11.8. The first-order chi connectivity index (χ1) is 10.3. The minimum Gasteiger partial charge on any atom is -0.508 e. The van der Waals surface area contributed by atoms with Crippen LogP contribution in [0.4, 0.5) is 10.5 Å². The minimum atomic E-state index is -0.535. The Morgan fingerprint density at radius 2 is 1.73 bits per heavy atom. The average Bonchev–Trinajstić information content (AvgIpc) is 2.72. The summed E-state index contributed by atoms with van der Waals surface area (Å²) in [5.41, 5.74) is 1.85. The summed E-state index contributed by atoms with van der Waals surface area (Å²) in [5, 5.41) is 14.3. The van der Waals surface area contributed by atoms with E-state index in [1.54, 1.807) is 12.1 Å². The highest BCUT2D eigenvalue weighted by Crippen LogP contribution is 2.29. The lowest BCUT2D eigenvalue weighted by Gasteiger charge is -2.19. The highest BCUT2D eigenvalue weighted by molar-refractivity contribution is 6.08. The van der Waals surface area contributed by atoms with Gasteiger partial charge in [0.2, 0.25) is 0 Å². The molecular weight excluding hydrogens is 280 g/mol. The van der Waals surface area contributed by atoms with Crippen molar-refractivity contribution in [3.63, 3.8) is 0 Å². The number of benzene rings is 2. The Bertz CT molecular complexity index is 859. The Hall–Kier alpha value is -2.69. The van der Waals surface area contributed by atoms with E-state index in [1.165, 1.54) is 0 Å². The van der Waals surface area contributed by atoms with Gasteiger partial charge in [-0.05, 0) is 45.0 Å². The number of amides is 1. The van der Waals surface area contributed by atoms with Gasteiger partial charge in [0.05, 0.1) is 5.52 Å². The normalized spacial score (nSPS) is 11.8. The first-order valence-electron chi connectivity index (χ1n) is 7.06. The number of aromatic nitrogens is 1. The van der Waals surface area contributed by atoms with Gasteiger partial charge in [0.1, 0.15) is 11.4 Å². The molecule has 0 saturated carbocycles. The van der Waals surface area contributed by atoms with Crippen molar-refractivity contribution in [3.05, 3.63) is 36.4 Å². The number of phenolic OH excluding ortho intramolecular Hbond substituents is 1. The lowest BCUT2D eigenvalue weighted by Crippen LogP contribution is -2.27. The first kappa shape index (κ1) is 14.3. The molecule has 3 aromatic rings. The van der Waals surface area contributed by atoms with Crippen LogP contribution in [0.1, 0.15) is 20.8 Å². The first-order valence-corrected chi connectivity index (χ1v) is 7.06. The second-order valence-corrected chi connectivity index (χ2v) is 6.24. The highest BCUT2D eigenvalue weighted by Gasteiger charge is 2.16. The van der Waals surface area contributed by atoms with Gasteiger partial charge < -0.3 is 14.8 Å². The molecule has 5 heteroatoms. The number of aromatic amines is 1. The molecule has 1 aromatic heterocycles. The third-order valence-corrected chi connectivity index (χ3v) is 3.23. The van der Waals surface area contributed by atoms with Gasteiger partial charge in [0.25, 0.3) is 0 Å². The van der Waals surface area contributed by atoms with Crippen molar-refractivity contribution < 1.29 is 14.6 Å². The van der Waals surface area contributed by atoms with Crippen LogP contribution in [0.15, 0.2) is 36.4 Å². The van der Waals surface area contributed by atoms with Gasteiger partial charge in [-0.15, -0.1) is 0 Å². The van der Waals surface area contributed by atoms with Gasteiger partial charge in [-0.2, -0.15) is 0 Å². The maximum absolute atomic E-state index is 11.8. The third kappa shape index (κ3) is 2.83. The predicted molar refractivity (Wildman–Crippen MR) is 87.3 cm³/mol. The van der Waals surface area contributed by atoms with E-state index in [0.717, 1.165) is 21.8 Å². The summed E-state index contributed by atoms with van der Waals surface area (Å²) in [5.74, 6) is 0.214. The van der Waals surface area contributed by atoms with Crippen LogP contribution in [0.5, 0.6) is 5.75 Å². The van der Waals surface area contributed by atoms with Crippen molar-refractivity contribution in [1.82, 2.24) is 4.98 Å². The van der Waals surface area contributed by atoms with Crippen LogP contribution in [-0.4, -0.2) is 21.8 Å². The number of aromatic hydroxyl groups is 1. The quantitative estimate of drug-likeness (QED) is 0.624. The molecule has 0 aliphatic heterocycles. The van der Waals surface area contributed by atoms with E-state index < -0.39 is 11.7 Å². The number of nitrogens with one attached hydrogen (secondary N) is 2. The number of ether oxygens (including phenoxy) is 1. The number of hydrogen-bond acceptors (Lipinski definition) is 3. The molecule has 0 unspecified atom stereocenters. The monoisotopic (exact) mass is 298 g/mol. The van der Waals surface area contributed by atoms with E-state index in [4.69, 9.17) is 4.74 Å². The van der Waals surface area contributed by atoms with Crippen LogP contribution < -0.4 is 5.32 Å². The number of anilines is 1. The lowest BCUT2D eigenvalue weighted by atomic mass is 10.1. The van der Waals surface area contributed by atoms with E-state index in [2.05, 4.69) is 10.3 Å². The Balaban J connectivity index is 1.93. The number of carbonyl (C=O) groups is 1. The second kappa shape index (κ2) is 4.94. The number of fused-ring (bicyclic) bond motifs is 3. The predicted octanol–water partition coefficient (Wildman–Crippen LogP) is 4.37. The van der Waals surface area contributed by atoms with Crippen LogP contribution in [0, 0.1) is 0 Å². The van der Waals surface area contributed by atoms with Crippen LogP contribution in [0.2, 0.25) is 0 Å². The molecule has 0 spiro atoms. The molecule has 0 aliphatic rings. The zero-order valence-electron chi connectivity index (χ0n) is 12.7. The fourth-order valence-corrected chi connectivity index (χ4v) is 2.40. The van der Waals surface area contributed by atoms with Gasteiger partial charge in [-0.3, -0.25) is 5.32 Å². The standard InChI is InChI=1S/C17H18N2O3/c1-17(2,3)22-16(21)18-10-4-6-12-13-7-5-11(20)9-15(13)19-14(12)8-10/h4-9,19-20H,1-3H3,(H,18,21). The van der Waals surface area contributed by atoms with Gasteiger partial charge in [0.15, 0.2) is 0 Å². The fourth-order valence-electron chi connectivity index (χ4n) is 2.40. The molecule has 1 heterocycles. The molecule has 0 bridgehead atoms. The zero-order chi connectivity index (χ0) is 15.9. The van der Waals surface area contributed by atoms with Crippen molar-refractivity contribution in [1.29, 1.82) is 0 Å². The molecule has 3 N–H and O–H groups in total. The van der Waals surface area contributed by atoms with Crippen molar-refractivity contribution in [2.75, 3.05) is 5.32 Å². The van der Waals surface area contributed by atoms with Crippen LogP contribution in [0.25, 0.3) is 21.8 Å². The Kier molecular flexibility index (Phi) is 3.20. The zero-order valence-corrected chi connectivity index (χ0v) is 12.7. The molecule has 1 amide bonds. The second-order valence-electron chi connectivity index (χ2n) is 6.24. The molecule has 0 saturated heterocycles. The average molecular weight is 298 g/mol. The van der Waals surface area contributed by atoms with Gasteiger partial charge in [-0.1, -0.05) is 6.07 Å². The highest BCUT2D eigenvalue weighted by atomic mass is 16.6. The molecule has 3 rings (SSSR count). The van der Waals surface area contributed by atoms with E-state index in [-0.39, 0.29) is 5.75 Å². The van der Waals surface area contributed by atoms with Crippen molar-refractivity contribution >= 4 is 33.6 Å². The summed E-state index contributed by atoms with van der Waals surface area (Å²) in [4.78, 5) is 15.0. The summed E-state index contributed by atoms with van der Waals surface area (Å²) < 4.78 is 5.24. The molecule has 0 atom stereocenters. The van der Waals surface area contributed by atoms with Crippen molar-refractivity contribution in [2.45, 2.75) is 26.4 Å². The van der Waals surface area contributed by atoms with Gasteiger partial charge >= 0.3 is 6.09 Å². The summed E-state index contributed by atoms with van der Waals surface area (Å²) in [6, 6.07) is 10.8. The SMILES string of the molecule is CC(C)(C)OC(=O)Nc1ccc2c(c1)[nH]c1cc(O)ccc12. The Morgan fingerprint density at radius 3 is 2.41 bits per heavy atom.